The van der Waals surface area contributed by atoms with Crippen LogP contribution in [0.3, 0.4) is 0 Å². The quantitative estimate of drug-likeness (QED) is 0.737. The van der Waals surface area contributed by atoms with Crippen LogP contribution in [0.4, 0.5) is 0 Å². The van der Waals surface area contributed by atoms with Crippen molar-refractivity contribution in [2.75, 3.05) is 26.8 Å². The van der Waals surface area contributed by atoms with Gasteiger partial charge in [-0.2, -0.15) is 5.10 Å². The molecule has 1 amide bonds. The molecule has 23 heavy (non-hydrogen) atoms. The Kier molecular flexibility index (Phi) is 5.49. The molecule has 1 aromatic heterocycles. The maximum atomic E-state index is 12.5. The van der Waals surface area contributed by atoms with Gasteiger partial charge in [-0.15, -0.1) is 0 Å². The van der Waals surface area contributed by atoms with E-state index in [0.717, 1.165) is 0 Å². The standard InChI is InChI=1S/C15H21N3O5/c1-23-9-3-7-15(14(21)22)6-2-8-18(10-15)13(20)11-4-5-12(19)17-16-11/h4-5H,2-3,6-10H2,1H3,(H,17,19)(H,21,22)/t15-/m1/s1. The summed E-state index contributed by atoms with van der Waals surface area (Å²) in [4.78, 5) is 36.8. The molecule has 0 aliphatic carbocycles. The van der Waals surface area contributed by atoms with Crippen molar-refractivity contribution in [2.24, 2.45) is 5.41 Å². The smallest absolute Gasteiger partial charge is 0.311 e. The molecule has 1 saturated heterocycles. The van der Waals surface area contributed by atoms with Gasteiger partial charge in [0.15, 0.2) is 0 Å². The molecule has 2 heterocycles. The minimum Gasteiger partial charge on any atom is -0.481 e. The Labute approximate surface area is 133 Å². The van der Waals surface area contributed by atoms with Crippen LogP contribution in [0.2, 0.25) is 0 Å². The zero-order chi connectivity index (χ0) is 16.9. The summed E-state index contributed by atoms with van der Waals surface area (Å²) in [6.07, 6.45) is 2.24. The first-order valence-electron chi connectivity index (χ1n) is 7.56. The van der Waals surface area contributed by atoms with Crippen molar-refractivity contribution in [3.63, 3.8) is 0 Å². The number of hydrogen-bond donors (Lipinski definition) is 2. The topological polar surface area (TPSA) is 113 Å². The molecular formula is C15H21N3O5. The van der Waals surface area contributed by atoms with Crippen LogP contribution in [0.25, 0.3) is 0 Å². The minimum atomic E-state index is -0.950. The average Bonchev–Trinajstić information content (AvgIpc) is 2.55. The number of amides is 1. The van der Waals surface area contributed by atoms with E-state index in [1.165, 1.54) is 17.0 Å². The van der Waals surface area contributed by atoms with E-state index in [2.05, 4.69) is 10.2 Å². The fourth-order valence-corrected chi connectivity index (χ4v) is 2.97. The van der Waals surface area contributed by atoms with Crippen LogP contribution in [0, 0.1) is 5.41 Å². The fourth-order valence-electron chi connectivity index (χ4n) is 2.97. The molecule has 8 nitrogen and oxygen atoms in total. The molecule has 8 heteroatoms. The summed E-state index contributed by atoms with van der Waals surface area (Å²) in [6, 6.07) is 2.58. The van der Waals surface area contributed by atoms with E-state index in [1.807, 2.05) is 0 Å². The van der Waals surface area contributed by atoms with Crippen LogP contribution >= 0.6 is 0 Å². The van der Waals surface area contributed by atoms with Gasteiger partial charge in [0.25, 0.3) is 11.5 Å². The Morgan fingerprint density at radius 1 is 1.48 bits per heavy atom. The third-order valence-corrected chi connectivity index (χ3v) is 4.22. The number of nitrogens with zero attached hydrogens (tertiary/aromatic N) is 2. The number of aliphatic carboxylic acids is 1. The van der Waals surface area contributed by atoms with Gasteiger partial charge in [-0.05, 0) is 31.7 Å². The lowest BCUT2D eigenvalue weighted by Gasteiger charge is -2.39. The summed E-state index contributed by atoms with van der Waals surface area (Å²) in [6.45, 7) is 1.12. The van der Waals surface area contributed by atoms with Crippen molar-refractivity contribution >= 4 is 11.9 Å². The van der Waals surface area contributed by atoms with Gasteiger partial charge in [0.1, 0.15) is 5.69 Å². The predicted octanol–water partition coefficient (Wildman–Crippen LogP) is 0.504. The van der Waals surface area contributed by atoms with Crippen molar-refractivity contribution in [1.82, 2.24) is 15.1 Å². The molecule has 1 aromatic rings. The lowest BCUT2D eigenvalue weighted by Crippen LogP contribution is -2.50. The van der Waals surface area contributed by atoms with Crippen LogP contribution in [0.1, 0.15) is 36.2 Å². The second kappa shape index (κ2) is 7.36. The molecule has 0 radical (unpaired) electrons. The van der Waals surface area contributed by atoms with E-state index in [9.17, 15) is 19.5 Å². The summed E-state index contributed by atoms with van der Waals surface area (Å²) >= 11 is 0. The first-order chi connectivity index (χ1) is 11.0. The molecule has 0 aromatic carbocycles. The van der Waals surface area contributed by atoms with Crippen molar-refractivity contribution in [3.8, 4) is 0 Å². The van der Waals surface area contributed by atoms with Crippen LogP contribution in [0.15, 0.2) is 16.9 Å². The Morgan fingerprint density at radius 3 is 2.87 bits per heavy atom. The van der Waals surface area contributed by atoms with Crippen molar-refractivity contribution < 1.29 is 19.4 Å². The Morgan fingerprint density at radius 2 is 2.26 bits per heavy atom. The van der Waals surface area contributed by atoms with Crippen molar-refractivity contribution in [2.45, 2.75) is 25.7 Å². The van der Waals surface area contributed by atoms with Crippen LogP contribution in [-0.4, -0.2) is 58.9 Å². The normalized spacial score (nSPS) is 21.2. The van der Waals surface area contributed by atoms with Crippen LogP contribution < -0.4 is 5.56 Å². The number of nitrogens with one attached hydrogen (secondary N) is 1. The Bertz CT molecular complexity index is 609. The number of rotatable bonds is 6. The number of ether oxygens (including phenoxy) is 1. The average molecular weight is 323 g/mol. The SMILES string of the molecule is COCCC[C@]1(C(=O)O)CCCN(C(=O)c2ccc(=O)[nH]n2)C1. The summed E-state index contributed by atoms with van der Waals surface area (Å²) in [5.74, 6) is -1.25. The van der Waals surface area contributed by atoms with Crippen LogP contribution in [-0.2, 0) is 9.53 Å². The number of H-pyrrole nitrogens is 1. The summed E-state index contributed by atoms with van der Waals surface area (Å²) in [5, 5.41) is 15.6. The summed E-state index contributed by atoms with van der Waals surface area (Å²) in [5.41, 5.74) is -1.23. The van der Waals surface area contributed by atoms with E-state index >= 15 is 0 Å². The van der Waals surface area contributed by atoms with E-state index in [-0.39, 0.29) is 23.7 Å². The molecule has 1 atom stereocenters. The summed E-state index contributed by atoms with van der Waals surface area (Å²) < 4.78 is 5.00. The van der Waals surface area contributed by atoms with Crippen molar-refractivity contribution in [1.29, 1.82) is 0 Å². The third-order valence-electron chi connectivity index (χ3n) is 4.22. The van der Waals surface area contributed by atoms with E-state index < -0.39 is 11.4 Å². The number of aromatic nitrogens is 2. The Balaban J connectivity index is 2.14. The molecule has 0 saturated carbocycles. The van der Waals surface area contributed by atoms with Gasteiger partial charge in [0.05, 0.1) is 5.41 Å². The van der Waals surface area contributed by atoms with Gasteiger partial charge in [0, 0.05) is 32.9 Å². The highest BCUT2D eigenvalue weighted by Crippen LogP contribution is 2.35. The van der Waals surface area contributed by atoms with Crippen molar-refractivity contribution in [3.05, 3.63) is 28.2 Å². The van der Waals surface area contributed by atoms with E-state index in [1.54, 1.807) is 7.11 Å². The molecule has 1 aliphatic heterocycles. The first kappa shape index (κ1) is 17.1. The first-order valence-corrected chi connectivity index (χ1v) is 7.56. The molecule has 0 unspecified atom stereocenters. The second-order valence-electron chi connectivity index (χ2n) is 5.82. The highest BCUT2D eigenvalue weighted by molar-refractivity contribution is 5.92. The monoisotopic (exact) mass is 323 g/mol. The maximum Gasteiger partial charge on any atom is 0.311 e. The zero-order valence-electron chi connectivity index (χ0n) is 13.1. The molecule has 0 bridgehead atoms. The molecule has 0 spiro atoms. The fraction of sp³-hybridized carbons (Fsp3) is 0.600. The molecule has 126 valence electrons. The number of carboxylic acid groups (broad SMARTS) is 1. The van der Waals surface area contributed by atoms with Gasteiger partial charge >= 0.3 is 5.97 Å². The predicted molar refractivity (Wildman–Crippen MR) is 81.2 cm³/mol. The molecular weight excluding hydrogens is 302 g/mol. The number of carbonyl (C=O) groups excluding carboxylic acids is 1. The van der Waals surface area contributed by atoms with Gasteiger partial charge < -0.3 is 14.7 Å². The highest BCUT2D eigenvalue weighted by Gasteiger charge is 2.43. The third kappa shape index (κ3) is 3.95. The highest BCUT2D eigenvalue weighted by atomic mass is 16.5. The van der Waals surface area contributed by atoms with E-state index in [0.29, 0.717) is 38.8 Å². The molecule has 1 aliphatic rings. The molecule has 2 N–H and O–H groups in total. The second-order valence-corrected chi connectivity index (χ2v) is 5.82. The van der Waals surface area contributed by atoms with Gasteiger partial charge in [-0.25, -0.2) is 5.10 Å². The number of hydrogen-bond acceptors (Lipinski definition) is 5. The lowest BCUT2D eigenvalue weighted by atomic mass is 9.76. The Hall–Kier alpha value is -2.22. The number of piperidine rings is 1. The zero-order valence-corrected chi connectivity index (χ0v) is 13.1. The lowest BCUT2D eigenvalue weighted by molar-refractivity contribution is -0.152. The van der Waals surface area contributed by atoms with Gasteiger partial charge in [0.2, 0.25) is 0 Å². The number of aromatic amines is 1. The molecule has 2 rings (SSSR count). The number of methoxy groups -OCH3 is 1. The minimum absolute atomic E-state index is 0.114. The van der Waals surface area contributed by atoms with Gasteiger partial charge in [-0.3, -0.25) is 14.4 Å². The largest absolute Gasteiger partial charge is 0.481 e. The number of carboxylic acids is 1. The van der Waals surface area contributed by atoms with E-state index in [4.69, 9.17) is 4.74 Å². The van der Waals surface area contributed by atoms with Crippen LogP contribution in [0.5, 0.6) is 0 Å². The van der Waals surface area contributed by atoms with Gasteiger partial charge in [-0.1, -0.05) is 0 Å². The molecule has 1 fully saturated rings. The number of likely N-dealkylation sites (tertiary alicyclic amines) is 1. The summed E-state index contributed by atoms with van der Waals surface area (Å²) in [7, 11) is 1.58. The maximum absolute atomic E-state index is 12.5. The number of carbonyl (C=O) groups is 2.